The van der Waals surface area contributed by atoms with E-state index in [9.17, 15) is 22.7 Å². The molecular weight excluding hydrogens is 274 g/mol. The summed E-state index contributed by atoms with van der Waals surface area (Å²) in [5.74, 6) is -1.32. The minimum Gasteiger partial charge on any atom is -0.391 e. The van der Waals surface area contributed by atoms with Crippen LogP contribution in [0.4, 0.5) is 17.6 Å². The molecule has 3 N–H and O–H groups in total. The van der Waals surface area contributed by atoms with E-state index < -0.39 is 29.7 Å². The Balaban J connectivity index is 2.18. The third-order valence-corrected chi connectivity index (χ3v) is 3.93. The molecule has 20 heavy (non-hydrogen) atoms. The third kappa shape index (κ3) is 3.12. The summed E-state index contributed by atoms with van der Waals surface area (Å²) in [5.41, 5.74) is 4.72. The van der Waals surface area contributed by atoms with Gasteiger partial charge in [0, 0.05) is 0 Å². The molecule has 2 rings (SSSR count). The quantitative estimate of drug-likeness (QED) is 0.838. The maximum absolute atomic E-state index is 13.5. The molecule has 0 saturated heterocycles. The lowest BCUT2D eigenvalue weighted by molar-refractivity contribution is -0.140. The molecule has 0 aromatic heterocycles. The van der Waals surface area contributed by atoms with Crippen molar-refractivity contribution < 1.29 is 22.7 Å². The van der Waals surface area contributed by atoms with Gasteiger partial charge in [0.05, 0.1) is 17.7 Å². The summed E-state index contributed by atoms with van der Waals surface area (Å²) in [5, 5.41) is 10.1. The van der Waals surface area contributed by atoms with Gasteiger partial charge in [-0.05, 0) is 36.5 Å². The molecule has 1 aliphatic rings. The fourth-order valence-electron chi connectivity index (χ4n) is 2.76. The molecule has 1 aliphatic carbocycles. The van der Waals surface area contributed by atoms with E-state index in [-0.39, 0.29) is 11.5 Å². The fraction of sp³-hybridized carbons (Fsp3) is 0.571. The Hall–Kier alpha value is -1.14. The van der Waals surface area contributed by atoms with Gasteiger partial charge >= 0.3 is 6.18 Å². The molecular formula is C14H17F4NO. The summed E-state index contributed by atoms with van der Waals surface area (Å²) in [7, 11) is 0. The van der Waals surface area contributed by atoms with Gasteiger partial charge in [0.15, 0.2) is 0 Å². The molecule has 1 aromatic rings. The van der Waals surface area contributed by atoms with Crippen LogP contribution in [0.2, 0.25) is 0 Å². The second-order valence-electron chi connectivity index (χ2n) is 5.30. The van der Waals surface area contributed by atoms with Crippen LogP contribution in [0.5, 0.6) is 0 Å². The Morgan fingerprint density at radius 2 is 1.80 bits per heavy atom. The van der Waals surface area contributed by atoms with E-state index in [1.807, 2.05) is 0 Å². The average molecular weight is 291 g/mol. The summed E-state index contributed by atoms with van der Waals surface area (Å²) in [6, 6.07) is 1.71. The molecule has 0 amide bonds. The van der Waals surface area contributed by atoms with Gasteiger partial charge in [-0.3, -0.25) is 0 Å². The average Bonchev–Trinajstić information content (AvgIpc) is 2.89. The lowest BCUT2D eigenvalue weighted by Gasteiger charge is -2.25. The SMILES string of the molecule is N[C@@H](c1ccc(C(F)(F)F)c(F)c1)[C@H](O)C1CCCC1. The van der Waals surface area contributed by atoms with Gasteiger partial charge in [-0.2, -0.15) is 13.2 Å². The Labute approximate surface area is 114 Å². The standard InChI is InChI=1S/C14H17F4NO/c15-11-7-9(5-6-10(11)14(16,17)18)12(19)13(20)8-3-1-2-4-8/h5-8,12-13,20H,1-4,19H2/t12-,13+/m0/s1. The summed E-state index contributed by atoms with van der Waals surface area (Å²) in [4.78, 5) is 0. The highest BCUT2D eigenvalue weighted by Crippen LogP contribution is 2.35. The lowest BCUT2D eigenvalue weighted by Crippen LogP contribution is -2.32. The van der Waals surface area contributed by atoms with Crippen LogP contribution >= 0.6 is 0 Å². The molecule has 0 radical (unpaired) electrons. The monoisotopic (exact) mass is 291 g/mol. The molecule has 0 heterocycles. The van der Waals surface area contributed by atoms with Crippen LogP contribution < -0.4 is 5.73 Å². The predicted molar refractivity (Wildman–Crippen MR) is 66.3 cm³/mol. The van der Waals surface area contributed by atoms with Crippen molar-refractivity contribution in [3.8, 4) is 0 Å². The van der Waals surface area contributed by atoms with Crippen molar-refractivity contribution in [2.24, 2.45) is 11.7 Å². The van der Waals surface area contributed by atoms with Crippen LogP contribution in [0, 0.1) is 11.7 Å². The molecule has 112 valence electrons. The smallest absolute Gasteiger partial charge is 0.391 e. The Morgan fingerprint density at radius 3 is 2.30 bits per heavy atom. The number of nitrogens with two attached hydrogens (primary N) is 1. The highest BCUT2D eigenvalue weighted by atomic mass is 19.4. The van der Waals surface area contributed by atoms with Crippen LogP contribution in [0.1, 0.15) is 42.9 Å². The summed E-state index contributed by atoms with van der Waals surface area (Å²) < 4.78 is 50.9. The van der Waals surface area contributed by atoms with Crippen LogP contribution in [-0.4, -0.2) is 11.2 Å². The molecule has 2 nitrogen and oxygen atoms in total. The Bertz CT molecular complexity index is 469. The molecule has 0 unspecified atom stereocenters. The number of halogens is 4. The van der Waals surface area contributed by atoms with E-state index in [2.05, 4.69) is 0 Å². The maximum atomic E-state index is 13.5. The molecule has 1 aromatic carbocycles. The van der Waals surface area contributed by atoms with E-state index in [1.165, 1.54) is 0 Å². The minimum absolute atomic E-state index is 0.0374. The van der Waals surface area contributed by atoms with Crippen molar-refractivity contribution in [3.05, 3.63) is 35.1 Å². The number of alkyl halides is 3. The van der Waals surface area contributed by atoms with E-state index in [0.717, 1.165) is 37.8 Å². The fourth-order valence-corrected chi connectivity index (χ4v) is 2.76. The number of rotatable bonds is 3. The zero-order valence-corrected chi connectivity index (χ0v) is 10.8. The highest BCUT2D eigenvalue weighted by molar-refractivity contribution is 5.29. The molecule has 0 aliphatic heterocycles. The van der Waals surface area contributed by atoms with Gasteiger partial charge < -0.3 is 10.8 Å². The normalized spacial score (nSPS) is 20.1. The first-order valence-corrected chi connectivity index (χ1v) is 6.61. The number of hydrogen-bond acceptors (Lipinski definition) is 2. The van der Waals surface area contributed by atoms with Crippen molar-refractivity contribution in [2.45, 2.75) is 44.0 Å². The van der Waals surface area contributed by atoms with Gasteiger partial charge in [-0.15, -0.1) is 0 Å². The third-order valence-electron chi connectivity index (χ3n) is 3.93. The predicted octanol–water partition coefficient (Wildman–Crippen LogP) is 3.40. The van der Waals surface area contributed by atoms with Crippen molar-refractivity contribution >= 4 is 0 Å². The van der Waals surface area contributed by atoms with E-state index >= 15 is 0 Å². The molecule has 0 bridgehead atoms. The van der Waals surface area contributed by atoms with Crippen molar-refractivity contribution in [1.29, 1.82) is 0 Å². The lowest BCUT2D eigenvalue weighted by atomic mass is 9.90. The highest BCUT2D eigenvalue weighted by Gasteiger charge is 2.35. The zero-order chi connectivity index (χ0) is 14.9. The second kappa shape index (κ2) is 5.69. The zero-order valence-electron chi connectivity index (χ0n) is 10.8. The van der Waals surface area contributed by atoms with Crippen molar-refractivity contribution in [1.82, 2.24) is 0 Å². The topological polar surface area (TPSA) is 46.2 Å². The first-order valence-electron chi connectivity index (χ1n) is 6.61. The largest absolute Gasteiger partial charge is 0.419 e. The summed E-state index contributed by atoms with van der Waals surface area (Å²) >= 11 is 0. The Morgan fingerprint density at radius 1 is 1.20 bits per heavy atom. The molecule has 1 saturated carbocycles. The number of hydrogen-bond donors (Lipinski definition) is 2. The van der Waals surface area contributed by atoms with E-state index in [0.29, 0.717) is 6.07 Å². The van der Waals surface area contributed by atoms with Gasteiger partial charge in [0.2, 0.25) is 0 Å². The van der Waals surface area contributed by atoms with Crippen molar-refractivity contribution in [3.63, 3.8) is 0 Å². The summed E-state index contributed by atoms with van der Waals surface area (Å²) in [6.07, 6.45) is -1.87. The van der Waals surface area contributed by atoms with Crippen molar-refractivity contribution in [2.75, 3.05) is 0 Å². The van der Waals surface area contributed by atoms with E-state index in [1.54, 1.807) is 0 Å². The molecule has 6 heteroatoms. The molecule has 1 fully saturated rings. The second-order valence-corrected chi connectivity index (χ2v) is 5.30. The van der Waals surface area contributed by atoms with Gasteiger partial charge in [-0.25, -0.2) is 4.39 Å². The first-order chi connectivity index (χ1) is 9.30. The molecule has 0 spiro atoms. The van der Waals surface area contributed by atoms with E-state index in [4.69, 9.17) is 5.73 Å². The Kier molecular flexibility index (Phi) is 4.34. The molecule has 2 atom stereocenters. The van der Waals surface area contributed by atoms with Crippen LogP contribution in [0.15, 0.2) is 18.2 Å². The number of benzene rings is 1. The first kappa shape index (κ1) is 15.3. The van der Waals surface area contributed by atoms with Gasteiger partial charge in [-0.1, -0.05) is 18.9 Å². The minimum atomic E-state index is -4.73. The van der Waals surface area contributed by atoms with Crippen LogP contribution in [-0.2, 0) is 6.18 Å². The number of aliphatic hydroxyl groups excluding tert-OH is 1. The summed E-state index contributed by atoms with van der Waals surface area (Å²) in [6.45, 7) is 0. The number of aliphatic hydroxyl groups is 1. The maximum Gasteiger partial charge on any atom is 0.419 e. The van der Waals surface area contributed by atoms with Gasteiger partial charge in [0.25, 0.3) is 0 Å². The van der Waals surface area contributed by atoms with Gasteiger partial charge in [0.1, 0.15) is 5.82 Å². The van der Waals surface area contributed by atoms with Crippen LogP contribution in [0.3, 0.4) is 0 Å². The van der Waals surface area contributed by atoms with Crippen LogP contribution in [0.25, 0.3) is 0 Å².